The van der Waals surface area contributed by atoms with E-state index in [4.69, 9.17) is 14.2 Å². The summed E-state index contributed by atoms with van der Waals surface area (Å²) in [6, 6.07) is 1.87. The van der Waals surface area contributed by atoms with Crippen LogP contribution >= 0.6 is 0 Å². The molecule has 0 aliphatic carbocycles. The van der Waals surface area contributed by atoms with Crippen molar-refractivity contribution in [3.8, 4) is 5.75 Å². The van der Waals surface area contributed by atoms with Crippen molar-refractivity contribution in [2.75, 3.05) is 20.3 Å². The van der Waals surface area contributed by atoms with Crippen molar-refractivity contribution in [1.29, 1.82) is 0 Å². The third-order valence-electron chi connectivity index (χ3n) is 2.31. The fourth-order valence-corrected chi connectivity index (χ4v) is 1.46. The van der Waals surface area contributed by atoms with Crippen molar-refractivity contribution in [1.82, 2.24) is 4.98 Å². The highest BCUT2D eigenvalue weighted by Gasteiger charge is 2.33. The van der Waals surface area contributed by atoms with Crippen LogP contribution in [0.2, 0.25) is 0 Å². The SMILES string of the molecule is COc1cncc(C2(C)OCCO2)c1. The summed E-state index contributed by atoms with van der Waals surface area (Å²) in [6.45, 7) is 3.12. The second-order valence-electron chi connectivity index (χ2n) is 3.26. The molecule has 4 nitrogen and oxygen atoms in total. The van der Waals surface area contributed by atoms with E-state index in [0.717, 1.165) is 5.56 Å². The Labute approximate surface area is 82.8 Å². The van der Waals surface area contributed by atoms with E-state index in [1.54, 1.807) is 19.5 Å². The van der Waals surface area contributed by atoms with E-state index < -0.39 is 5.79 Å². The summed E-state index contributed by atoms with van der Waals surface area (Å²) in [4.78, 5) is 4.06. The van der Waals surface area contributed by atoms with Gasteiger partial charge in [-0.25, -0.2) is 0 Å². The summed E-state index contributed by atoms with van der Waals surface area (Å²) >= 11 is 0. The maximum absolute atomic E-state index is 5.51. The number of nitrogens with zero attached hydrogens (tertiary/aromatic N) is 1. The van der Waals surface area contributed by atoms with Crippen LogP contribution in [0.4, 0.5) is 0 Å². The summed E-state index contributed by atoms with van der Waals surface area (Å²) in [5.74, 6) is 0.0458. The second-order valence-corrected chi connectivity index (χ2v) is 3.26. The van der Waals surface area contributed by atoms with Crippen molar-refractivity contribution < 1.29 is 14.2 Å². The Hall–Kier alpha value is -1.13. The molecule has 0 bridgehead atoms. The monoisotopic (exact) mass is 195 g/mol. The molecule has 0 aromatic carbocycles. The normalized spacial score (nSPS) is 19.6. The predicted octanol–water partition coefficient (Wildman–Crippen LogP) is 1.31. The first-order chi connectivity index (χ1) is 6.74. The molecule has 1 aromatic rings. The molecule has 76 valence electrons. The number of pyridine rings is 1. The number of methoxy groups -OCH3 is 1. The minimum Gasteiger partial charge on any atom is -0.495 e. The maximum Gasteiger partial charge on any atom is 0.193 e. The molecular formula is C10H13NO3. The number of aromatic nitrogens is 1. The highest BCUT2D eigenvalue weighted by atomic mass is 16.7. The first-order valence-corrected chi connectivity index (χ1v) is 4.52. The smallest absolute Gasteiger partial charge is 0.193 e. The molecule has 0 atom stereocenters. The number of hydrogen-bond acceptors (Lipinski definition) is 4. The van der Waals surface area contributed by atoms with E-state index in [1.807, 2.05) is 13.0 Å². The summed E-state index contributed by atoms with van der Waals surface area (Å²) < 4.78 is 16.1. The van der Waals surface area contributed by atoms with Gasteiger partial charge in [0.1, 0.15) is 5.75 Å². The van der Waals surface area contributed by atoms with Crippen molar-refractivity contribution in [2.24, 2.45) is 0 Å². The third-order valence-corrected chi connectivity index (χ3v) is 2.31. The Morgan fingerprint density at radius 3 is 2.71 bits per heavy atom. The highest BCUT2D eigenvalue weighted by molar-refractivity contribution is 5.26. The number of hydrogen-bond donors (Lipinski definition) is 0. The molecule has 0 radical (unpaired) electrons. The van der Waals surface area contributed by atoms with Crippen LogP contribution in [0, 0.1) is 0 Å². The Balaban J connectivity index is 2.30. The minimum atomic E-state index is -0.665. The van der Waals surface area contributed by atoms with Gasteiger partial charge in [0.15, 0.2) is 5.79 Å². The zero-order chi connectivity index (χ0) is 10.0. The summed E-state index contributed by atoms with van der Waals surface area (Å²) in [7, 11) is 1.61. The molecule has 14 heavy (non-hydrogen) atoms. The minimum absolute atomic E-state index is 0.619. The van der Waals surface area contributed by atoms with Crippen molar-refractivity contribution in [2.45, 2.75) is 12.7 Å². The van der Waals surface area contributed by atoms with Gasteiger partial charge < -0.3 is 14.2 Å². The van der Waals surface area contributed by atoms with E-state index in [-0.39, 0.29) is 0 Å². The van der Waals surface area contributed by atoms with E-state index >= 15 is 0 Å². The molecule has 0 unspecified atom stereocenters. The fourth-order valence-electron chi connectivity index (χ4n) is 1.46. The van der Waals surface area contributed by atoms with E-state index in [2.05, 4.69) is 4.98 Å². The number of rotatable bonds is 2. The van der Waals surface area contributed by atoms with Gasteiger partial charge in [-0.3, -0.25) is 4.98 Å². The van der Waals surface area contributed by atoms with Gasteiger partial charge in [0.25, 0.3) is 0 Å². The van der Waals surface area contributed by atoms with Gasteiger partial charge >= 0.3 is 0 Å². The first-order valence-electron chi connectivity index (χ1n) is 4.52. The molecule has 1 aliphatic heterocycles. The van der Waals surface area contributed by atoms with Gasteiger partial charge in [-0.05, 0) is 13.0 Å². The van der Waals surface area contributed by atoms with Crippen LogP contribution < -0.4 is 4.74 Å². The summed E-state index contributed by atoms with van der Waals surface area (Å²) in [5.41, 5.74) is 0.884. The average molecular weight is 195 g/mol. The Morgan fingerprint density at radius 1 is 1.36 bits per heavy atom. The average Bonchev–Trinajstić information content (AvgIpc) is 2.67. The van der Waals surface area contributed by atoms with Gasteiger partial charge in [-0.1, -0.05) is 0 Å². The molecule has 1 saturated heterocycles. The van der Waals surface area contributed by atoms with Crippen molar-refractivity contribution >= 4 is 0 Å². The Bertz CT molecular complexity index is 321. The van der Waals surface area contributed by atoms with Crippen LogP contribution in [0.1, 0.15) is 12.5 Å². The second kappa shape index (κ2) is 3.55. The van der Waals surface area contributed by atoms with Gasteiger partial charge in [0.05, 0.1) is 26.5 Å². The highest BCUT2D eigenvalue weighted by Crippen LogP contribution is 2.31. The zero-order valence-corrected chi connectivity index (χ0v) is 8.32. The molecule has 2 rings (SSSR count). The maximum atomic E-state index is 5.51. The van der Waals surface area contributed by atoms with E-state index in [1.165, 1.54) is 0 Å². The van der Waals surface area contributed by atoms with Crippen molar-refractivity contribution in [3.05, 3.63) is 24.0 Å². The lowest BCUT2D eigenvalue weighted by Crippen LogP contribution is -2.22. The molecule has 1 aliphatic rings. The van der Waals surface area contributed by atoms with Gasteiger partial charge in [-0.2, -0.15) is 0 Å². The lowest BCUT2D eigenvalue weighted by atomic mass is 10.1. The van der Waals surface area contributed by atoms with E-state index in [9.17, 15) is 0 Å². The van der Waals surface area contributed by atoms with Crippen LogP contribution in [-0.4, -0.2) is 25.3 Å². The lowest BCUT2D eigenvalue weighted by molar-refractivity contribution is -0.150. The molecule has 4 heteroatoms. The lowest BCUT2D eigenvalue weighted by Gasteiger charge is -2.22. The molecule has 1 fully saturated rings. The van der Waals surface area contributed by atoms with Gasteiger partial charge in [0.2, 0.25) is 0 Å². The van der Waals surface area contributed by atoms with Gasteiger partial charge in [-0.15, -0.1) is 0 Å². The molecule has 1 aromatic heterocycles. The van der Waals surface area contributed by atoms with Crippen LogP contribution in [0.25, 0.3) is 0 Å². The first kappa shape index (κ1) is 9.43. The van der Waals surface area contributed by atoms with Crippen LogP contribution in [0.5, 0.6) is 5.75 Å². The topological polar surface area (TPSA) is 40.6 Å². The van der Waals surface area contributed by atoms with Crippen LogP contribution in [0.15, 0.2) is 18.5 Å². The van der Waals surface area contributed by atoms with Gasteiger partial charge in [0, 0.05) is 11.8 Å². The summed E-state index contributed by atoms with van der Waals surface area (Å²) in [6.07, 6.45) is 3.38. The van der Waals surface area contributed by atoms with Crippen molar-refractivity contribution in [3.63, 3.8) is 0 Å². The molecule has 2 heterocycles. The predicted molar refractivity (Wildman–Crippen MR) is 50.0 cm³/mol. The molecule has 0 N–H and O–H groups in total. The summed E-state index contributed by atoms with van der Waals surface area (Å²) in [5, 5.41) is 0. The largest absolute Gasteiger partial charge is 0.495 e. The quantitative estimate of drug-likeness (QED) is 0.713. The third kappa shape index (κ3) is 1.58. The van der Waals surface area contributed by atoms with Crippen LogP contribution in [-0.2, 0) is 15.3 Å². The standard InChI is InChI=1S/C10H13NO3/c1-10(13-3-4-14-10)8-5-9(12-2)7-11-6-8/h5-7H,3-4H2,1-2H3. The van der Waals surface area contributed by atoms with E-state index in [0.29, 0.717) is 19.0 Å². The zero-order valence-electron chi connectivity index (χ0n) is 8.32. The fraction of sp³-hybridized carbons (Fsp3) is 0.500. The molecule has 0 amide bonds. The Kier molecular flexibility index (Phi) is 2.39. The van der Waals surface area contributed by atoms with Crippen LogP contribution in [0.3, 0.4) is 0 Å². The Morgan fingerprint density at radius 2 is 2.07 bits per heavy atom. The number of ether oxygens (including phenoxy) is 3. The molecular weight excluding hydrogens is 182 g/mol. The molecule has 0 spiro atoms. The molecule has 0 saturated carbocycles.